The molecule has 0 fully saturated rings. The van der Waals surface area contributed by atoms with Crippen LogP contribution in [0.25, 0.3) is 11.1 Å². The number of carbonyl (C=O) groups is 1. The van der Waals surface area contributed by atoms with Crippen LogP contribution >= 0.6 is 0 Å². The highest BCUT2D eigenvalue weighted by molar-refractivity contribution is 5.79. The molecule has 0 saturated heterocycles. The summed E-state index contributed by atoms with van der Waals surface area (Å²) in [5.41, 5.74) is 2.14. The van der Waals surface area contributed by atoms with Gasteiger partial charge in [-0.2, -0.15) is 0 Å². The lowest BCUT2D eigenvalue weighted by Crippen LogP contribution is -2.37. The van der Waals surface area contributed by atoms with Gasteiger partial charge in [0.05, 0.1) is 18.7 Å². The van der Waals surface area contributed by atoms with Gasteiger partial charge in [-0.1, -0.05) is 24.3 Å². The number of methoxy groups -OCH3 is 1. The van der Waals surface area contributed by atoms with Gasteiger partial charge >= 0.3 is 5.76 Å². The van der Waals surface area contributed by atoms with Crippen molar-refractivity contribution in [1.82, 2.24) is 14.8 Å². The van der Waals surface area contributed by atoms with E-state index in [9.17, 15) is 9.59 Å². The van der Waals surface area contributed by atoms with Crippen LogP contribution in [-0.2, 0) is 11.3 Å². The Balaban J connectivity index is 1.69. The molecule has 0 aliphatic carbocycles. The summed E-state index contributed by atoms with van der Waals surface area (Å²) in [6.07, 6.45) is 0. The van der Waals surface area contributed by atoms with Crippen LogP contribution in [0, 0.1) is 0 Å². The molecule has 1 aromatic heterocycles. The number of aromatic nitrogens is 1. The topological polar surface area (TPSA) is 76.7 Å². The molecule has 0 aliphatic heterocycles. The normalized spacial score (nSPS) is 12.3. The zero-order valence-electron chi connectivity index (χ0n) is 15.6. The van der Waals surface area contributed by atoms with E-state index in [4.69, 9.17) is 9.15 Å². The molecule has 1 amide bonds. The molecule has 1 N–H and O–H groups in total. The van der Waals surface area contributed by atoms with Crippen LogP contribution in [0.1, 0.15) is 11.6 Å². The highest BCUT2D eigenvalue weighted by atomic mass is 16.5. The Morgan fingerprint density at radius 3 is 2.56 bits per heavy atom. The average Bonchev–Trinajstić information content (AvgIpc) is 2.97. The van der Waals surface area contributed by atoms with Gasteiger partial charge in [0.25, 0.3) is 0 Å². The van der Waals surface area contributed by atoms with Crippen molar-refractivity contribution in [2.75, 3.05) is 27.7 Å². The molecule has 0 bridgehead atoms. The van der Waals surface area contributed by atoms with Crippen molar-refractivity contribution < 1.29 is 13.9 Å². The van der Waals surface area contributed by atoms with Crippen LogP contribution in [0.2, 0.25) is 0 Å². The molecule has 7 heteroatoms. The lowest BCUT2D eigenvalue weighted by atomic mass is 10.1. The Labute approximate surface area is 157 Å². The predicted octanol–water partition coefficient (Wildman–Crippen LogP) is 2.02. The number of hydrogen-bond acceptors (Lipinski definition) is 5. The summed E-state index contributed by atoms with van der Waals surface area (Å²) in [5.74, 6) is 0.00109. The van der Waals surface area contributed by atoms with E-state index in [1.54, 1.807) is 31.4 Å². The minimum absolute atomic E-state index is 0.00216. The fourth-order valence-electron chi connectivity index (χ4n) is 3.00. The fourth-order valence-corrected chi connectivity index (χ4v) is 3.00. The molecule has 0 radical (unpaired) electrons. The van der Waals surface area contributed by atoms with Crippen molar-refractivity contribution in [3.8, 4) is 5.75 Å². The van der Waals surface area contributed by atoms with Crippen molar-refractivity contribution >= 4 is 17.0 Å². The number of fused-ring (bicyclic) bond motifs is 1. The number of para-hydroxylation sites is 2. The first kappa shape index (κ1) is 18.7. The van der Waals surface area contributed by atoms with Crippen LogP contribution in [0.4, 0.5) is 0 Å². The first-order chi connectivity index (χ1) is 13.0. The Morgan fingerprint density at radius 1 is 1.19 bits per heavy atom. The molecule has 27 heavy (non-hydrogen) atoms. The third-order valence-corrected chi connectivity index (χ3v) is 4.49. The number of ether oxygens (including phenoxy) is 1. The van der Waals surface area contributed by atoms with Crippen molar-refractivity contribution in [2.24, 2.45) is 0 Å². The highest BCUT2D eigenvalue weighted by Gasteiger charge is 2.17. The van der Waals surface area contributed by atoms with Gasteiger partial charge in [0.15, 0.2) is 5.58 Å². The predicted molar refractivity (Wildman–Crippen MR) is 103 cm³/mol. The van der Waals surface area contributed by atoms with Gasteiger partial charge in [0.2, 0.25) is 5.91 Å². The molecular formula is C20H23N3O4. The maximum Gasteiger partial charge on any atom is 0.420 e. The van der Waals surface area contributed by atoms with E-state index in [1.807, 2.05) is 43.3 Å². The van der Waals surface area contributed by atoms with Crippen molar-refractivity contribution in [2.45, 2.75) is 12.6 Å². The highest BCUT2D eigenvalue weighted by Crippen LogP contribution is 2.20. The number of benzene rings is 2. The SMILES string of the molecule is COc1ccc([C@H](CNC(=O)Cn2c(=O)oc3ccccc32)N(C)C)cc1. The van der Waals surface area contributed by atoms with E-state index in [0.717, 1.165) is 11.3 Å². The summed E-state index contributed by atoms with van der Waals surface area (Å²) in [5, 5.41) is 2.91. The first-order valence-electron chi connectivity index (χ1n) is 8.65. The maximum absolute atomic E-state index is 12.4. The molecule has 1 atom stereocenters. The third-order valence-electron chi connectivity index (χ3n) is 4.49. The second-order valence-electron chi connectivity index (χ2n) is 6.48. The van der Waals surface area contributed by atoms with Gasteiger partial charge in [-0.05, 0) is 43.9 Å². The molecule has 0 spiro atoms. The summed E-state index contributed by atoms with van der Waals surface area (Å²) < 4.78 is 11.7. The number of nitrogens with one attached hydrogen (secondary N) is 1. The van der Waals surface area contributed by atoms with Gasteiger partial charge in [0.1, 0.15) is 12.3 Å². The van der Waals surface area contributed by atoms with E-state index in [1.165, 1.54) is 4.57 Å². The van der Waals surface area contributed by atoms with E-state index >= 15 is 0 Å². The molecular weight excluding hydrogens is 346 g/mol. The third kappa shape index (κ3) is 4.20. The Morgan fingerprint density at radius 2 is 1.89 bits per heavy atom. The lowest BCUT2D eigenvalue weighted by molar-refractivity contribution is -0.121. The smallest absolute Gasteiger partial charge is 0.420 e. The van der Waals surface area contributed by atoms with Crippen molar-refractivity contribution in [3.63, 3.8) is 0 Å². The first-order valence-corrected chi connectivity index (χ1v) is 8.65. The van der Waals surface area contributed by atoms with Crippen LogP contribution in [0.3, 0.4) is 0 Å². The lowest BCUT2D eigenvalue weighted by Gasteiger charge is -2.25. The number of nitrogens with zero attached hydrogens (tertiary/aromatic N) is 2. The largest absolute Gasteiger partial charge is 0.497 e. The molecule has 3 aromatic rings. The van der Waals surface area contributed by atoms with Gasteiger partial charge in [-0.15, -0.1) is 0 Å². The quantitative estimate of drug-likeness (QED) is 0.690. The van der Waals surface area contributed by atoms with E-state index in [0.29, 0.717) is 17.6 Å². The van der Waals surface area contributed by atoms with E-state index < -0.39 is 5.76 Å². The molecule has 2 aromatic carbocycles. The minimum atomic E-state index is -0.536. The zero-order chi connectivity index (χ0) is 19.4. The molecule has 1 heterocycles. The average molecular weight is 369 g/mol. The Kier molecular flexibility index (Phi) is 5.61. The number of amides is 1. The molecule has 7 nitrogen and oxygen atoms in total. The van der Waals surface area contributed by atoms with Crippen molar-refractivity contribution in [1.29, 1.82) is 0 Å². The summed E-state index contributed by atoms with van der Waals surface area (Å²) in [6, 6.07) is 14.8. The summed E-state index contributed by atoms with van der Waals surface area (Å²) in [6.45, 7) is 0.335. The van der Waals surface area contributed by atoms with Gasteiger partial charge in [-0.25, -0.2) is 4.79 Å². The monoisotopic (exact) mass is 369 g/mol. The van der Waals surface area contributed by atoms with E-state index in [-0.39, 0.29) is 18.5 Å². The van der Waals surface area contributed by atoms with Crippen molar-refractivity contribution in [3.05, 3.63) is 64.6 Å². The maximum atomic E-state index is 12.4. The second-order valence-corrected chi connectivity index (χ2v) is 6.48. The number of carbonyl (C=O) groups excluding carboxylic acids is 1. The Bertz CT molecular complexity index is 973. The molecule has 142 valence electrons. The van der Waals surface area contributed by atoms with Crippen LogP contribution in [-0.4, -0.2) is 43.1 Å². The number of oxazole rings is 1. The zero-order valence-corrected chi connectivity index (χ0v) is 15.6. The molecule has 0 saturated carbocycles. The number of hydrogen-bond donors (Lipinski definition) is 1. The van der Waals surface area contributed by atoms with Crippen LogP contribution in [0.5, 0.6) is 5.75 Å². The molecule has 0 aliphatic rings. The van der Waals surface area contributed by atoms with Crippen LogP contribution < -0.4 is 15.8 Å². The standard InChI is InChI=1S/C20H23N3O4/c1-22(2)17(14-8-10-15(26-3)11-9-14)12-21-19(24)13-23-16-6-4-5-7-18(16)27-20(23)25/h4-11,17H,12-13H2,1-3H3,(H,21,24)/t17-/m0/s1. The van der Waals surface area contributed by atoms with Crippen LogP contribution in [0.15, 0.2) is 57.7 Å². The minimum Gasteiger partial charge on any atom is -0.497 e. The number of likely N-dealkylation sites (N-methyl/N-ethyl adjacent to an activating group) is 1. The molecule has 0 unspecified atom stereocenters. The Hall–Kier alpha value is -3.06. The summed E-state index contributed by atoms with van der Waals surface area (Å²) in [7, 11) is 5.53. The molecule has 3 rings (SSSR count). The van der Waals surface area contributed by atoms with E-state index in [2.05, 4.69) is 5.32 Å². The summed E-state index contributed by atoms with van der Waals surface area (Å²) >= 11 is 0. The second kappa shape index (κ2) is 8.09. The van der Waals surface area contributed by atoms with Gasteiger partial charge < -0.3 is 19.4 Å². The van der Waals surface area contributed by atoms with Gasteiger partial charge in [0, 0.05) is 6.54 Å². The summed E-state index contributed by atoms with van der Waals surface area (Å²) in [4.78, 5) is 26.4. The fraction of sp³-hybridized carbons (Fsp3) is 0.300. The van der Waals surface area contributed by atoms with Gasteiger partial charge in [-0.3, -0.25) is 9.36 Å². The number of rotatable bonds is 7.